The molecular weight excluding hydrogens is 358 g/mol. The highest BCUT2D eigenvalue weighted by atomic mass is 32.1. The smallest absolute Gasteiger partial charge is 0.266 e. The second-order valence-corrected chi connectivity index (χ2v) is 8.87. The predicted molar refractivity (Wildman–Crippen MR) is 112 cm³/mol. The van der Waals surface area contributed by atoms with E-state index >= 15 is 0 Å². The number of hydrogen-bond acceptors (Lipinski definition) is 6. The fraction of sp³-hybridized carbons (Fsp3) is 0.400. The predicted octanol–water partition coefficient (Wildman–Crippen LogP) is 4.32. The molecule has 3 aromatic rings. The van der Waals surface area contributed by atoms with Gasteiger partial charge >= 0.3 is 0 Å². The van der Waals surface area contributed by atoms with Crippen molar-refractivity contribution in [3.05, 3.63) is 40.3 Å². The highest BCUT2D eigenvalue weighted by molar-refractivity contribution is 7.20. The summed E-state index contributed by atoms with van der Waals surface area (Å²) >= 11 is 1.41. The highest BCUT2D eigenvalue weighted by Gasteiger charge is 2.23. The van der Waals surface area contributed by atoms with Gasteiger partial charge in [-0.05, 0) is 31.5 Å². The number of fused-ring (bicyclic) bond motifs is 1. The molecule has 0 unspecified atom stereocenters. The lowest BCUT2D eigenvalue weighted by Gasteiger charge is -2.16. The van der Waals surface area contributed by atoms with Gasteiger partial charge in [0, 0.05) is 24.9 Å². The first-order valence-corrected chi connectivity index (χ1v) is 9.62. The summed E-state index contributed by atoms with van der Waals surface area (Å²) in [6.45, 7) is 10.2. The number of anilines is 2. The molecule has 1 N–H and O–H groups in total. The van der Waals surface area contributed by atoms with E-state index in [4.69, 9.17) is 4.98 Å². The normalized spacial score (nSPS) is 11.7. The van der Waals surface area contributed by atoms with Crippen molar-refractivity contribution in [1.82, 2.24) is 15.0 Å². The van der Waals surface area contributed by atoms with Crippen LogP contribution in [-0.4, -0.2) is 35.0 Å². The summed E-state index contributed by atoms with van der Waals surface area (Å²) in [7, 11) is 3.85. The van der Waals surface area contributed by atoms with E-state index in [0.717, 1.165) is 33.1 Å². The van der Waals surface area contributed by atoms with E-state index < -0.39 is 0 Å². The lowest BCUT2D eigenvalue weighted by molar-refractivity contribution is 0.103. The zero-order valence-corrected chi connectivity index (χ0v) is 17.7. The van der Waals surface area contributed by atoms with Crippen molar-refractivity contribution in [2.45, 2.75) is 40.0 Å². The van der Waals surface area contributed by atoms with E-state index in [-0.39, 0.29) is 11.3 Å². The Morgan fingerprint density at radius 2 is 1.85 bits per heavy atom. The molecule has 0 aliphatic heterocycles. The molecule has 0 atom stereocenters. The molecule has 0 spiro atoms. The maximum atomic E-state index is 12.8. The van der Waals surface area contributed by atoms with Crippen LogP contribution in [0.3, 0.4) is 0 Å². The van der Waals surface area contributed by atoms with Crippen LogP contribution >= 0.6 is 11.3 Å². The summed E-state index contributed by atoms with van der Waals surface area (Å²) in [6, 6.07) is 3.73. The third kappa shape index (κ3) is 3.78. The molecule has 0 radical (unpaired) electrons. The summed E-state index contributed by atoms with van der Waals surface area (Å²) < 4.78 is 0. The number of rotatable bonds is 3. The van der Waals surface area contributed by atoms with E-state index in [1.165, 1.54) is 11.3 Å². The lowest BCUT2D eigenvalue weighted by Crippen LogP contribution is -2.16. The molecule has 3 aromatic heterocycles. The van der Waals surface area contributed by atoms with Gasteiger partial charge in [0.15, 0.2) is 0 Å². The number of carbonyl (C=O) groups is 1. The van der Waals surface area contributed by atoms with Gasteiger partial charge in [0.2, 0.25) is 0 Å². The van der Waals surface area contributed by atoms with Crippen LogP contribution in [0.1, 0.15) is 47.5 Å². The van der Waals surface area contributed by atoms with Crippen LogP contribution in [0.2, 0.25) is 0 Å². The molecule has 3 heterocycles. The van der Waals surface area contributed by atoms with E-state index in [2.05, 4.69) is 36.1 Å². The van der Waals surface area contributed by atoms with E-state index in [9.17, 15) is 4.79 Å². The Hall–Kier alpha value is -2.54. The fourth-order valence-electron chi connectivity index (χ4n) is 2.80. The number of amides is 1. The molecule has 0 aromatic carbocycles. The van der Waals surface area contributed by atoms with Crippen molar-refractivity contribution < 1.29 is 4.79 Å². The molecule has 0 saturated carbocycles. The van der Waals surface area contributed by atoms with Crippen molar-refractivity contribution in [3.8, 4) is 0 Å². The van der Waals surface area contributed by atoms with Crippen LogP contribution in [0, 0.1) is 13.8 Å². The number of aromatic nitrogens is 3. The van der Waals surface area contributed by atoms with Crippen LogP contribution in [0.4, 0.5) is 11.5 Å². The Kier molecular flexibility index (Phi) is 4.90. The lowest BCUT2D eigenvalue weighted by atomic mass is 9.95. The molecule has 0 aliphatic rings. The van der Waals surface area contributed by atoms with Crippen LogP contribution in [0.15, 0.2) is 18.3 Å². The maximum Gasteiger partial charge on any atom is 0.266 e. The third-order valence-corrected chi connectivity index (χ3v) is 5.50. The van der Waals surface area contributed by atoms with Gasteiger partial charge in [0.1, 0.15) is 16.5 Å². The summed E-state index contributed by atoms with van der Waals surface area (Å²) in [6.07, 6.45) is 1.67. The van der Waals surface area contributed by atoms with E-state index in [1.807, 2.05) is 45.0 Å². The number of carbonyl (C=O) groups excluding carboxylic acids is 1. The topological polar surface area (TPSA) is 71.0 Å². The molecule has 6 nitrogen and oxygen atoms in total. The first-order valence-electron chi connectivity index (χ1n) is 8.81. The van der Waals surface area contributed by atoms with E-state index in [1.54, 1.807) is 6.20 Å². The van der Waals surface area contributed by atoms with Crippen molar-refractivity contribution in [2.75, 3.05) is 24.3 Å². The first kappa shape index (κ1) is 19.2. The molecule has 142 valence electrons. The third-order valence-electron chi connectivity index (χ3n) is 4.31. The van der Waals surface area contributed by atoms with Gasteiger partial charge in [-0.25, -0.2) is 15.0 Å². The van der Waals surface area contributed by atoms with Crippen molar-refractivity contribution >= 4 is 39.0 Å². The number of thiophene rings is 1. The minimum Gasteiger partial charge on any atom is -0.363 e. The number of nitrogens with zero attached hydrogens (tertiary/aromatic N) is 4. The molecule has 1 amide bonds. The minimum absolute atomic E-state index is 0.140. The quantitative estimate of drug-likeness (QED) is 0.729. The highest BCUT2D eigenvalue weighted by Crippen LogP contribution is 2.33. The molecule has 0 saturated heterocycles. The maximum absolute atomic E-state index is 12.8. The summed E-state index contributed by atoms with van der Waals surface area (Å²) in [4.78, 5) is 30.0. The van der Waals surface area contributed by atoms with Crippen molar-refractivity contribution in [2.24, 2.45) is 0 Å². The molecule has 0 aliphatic carbocycles. The molecule has 0 fully saturated rings. The number of hydrogen-bond donors (Lipinski definition) is 1. The Bertz CT molecular complexity index is 1000. The fourth-order valence-corrected chi connectivity index (χ4v) is 3.93. The van der Waals surface area contributed by atoms with Crippen LogP contribution < -0.4 is 10.2 Å². The van der Waals surface area contributed by atoms with Crippen molar-refractivity contribution in [3.63, 3.8) is 0 Å². The zero-order valence-electron chi connectivity index (χ0n) is 16.8. The molecular formula is C20H25N5OS. The average molecular weight is 384 g/mol. The Morgan fingerprint density at radius 1 is 1.15 bits per heavy atom. The summed E-state index contributed by atoms with van der Waals surface area (Å²) in [5.41, 5.74) is 2.36. The largest absolute Gasteiger partial charge is 0.363 e. The van der Waals surface area contributed by atoms with Crippen molar-refractivity contribution in [1.29, 1.82) is 0 Å². The molecule has 0 bridgehead atoms. The first-order chi connectivity index (χ1) is 12.6. The molecule has 27 heavy (non-hydrogen) atoms. The second kappa shape index (κ2) is 6.88. The number of nitrogens with one attached hydrogen (secondary N) is 1. The van der Waals surface area contributed by atoms with Gasteiger partial charge in [-0.15, -0.1) is 11.3 Å². The standard InChI is InChI=1S/C20H25N5OS/c1-11-15-12(2)22-19(20(3,4)5)24-18(15)27-16(11)17(26)23-13-8-9-14(21-10-13)25(6)7/h8-10H,1-7H3,(H,23,26). The number of aryl methyl sites for hydroxylation is 2. The second-order valence-electron chi connectivity index (χ2n) is 7.87. The van der Waals surface area contributed by atoms with Gasteiger partial charge in [0.05, 0.1) is 22.5 Å². The van der Waals surface area contributed by atoms with Gasteiger partial charge in [0.25, 0.3) is 5.91 Å². The molecule has 3 rings (SSSR count). The zero-order chi connectivity index (χ0) is 19.9. The van der Waals surface area contributed by atoms with Crippen LogP contribution in [0.5, 0.6) is 0 Å². The van der Waals surface area contributed by atoms with E-state index in [0.29, 0.717) is 10.6 Å². The van der Waals surface area contributed by atoms with Gasteiger partial charge in [-0.1, -0.05) is 20.8 Å². The number of pyridine rings is 1. The SMILES string of the molecule is Cc1nc(C(C)(C)C)nc2sc(C(=O)Nc3ccc(N(C)C)nc3)c(C)c12. The summed E-state index contributed by atoms with van der Waals surface area (Å²) in [5.74, 6) is 1.49. The summed E-state index contributed by atoms with van der Waals surface area (Å²) in [5, 5.41) is 3.90. The Morgan fingerprint density at radius 3 is 2.41 bits per heavy atom. The molecule has 7 heteroatoms. The Labute approximate surface area is 163 Å². The Balaban J connectivity index is 1.95. The van der Waals surface area contributed by atoms with Crippen LogP contribution in [0.25, 0.3) is 10.2 Å². The van der Waals surface area contributed by atoms with Gasteiger partial charge < -0.3 is 10.2 Å². The average Bonchev–Trinajstić information content (AvgIpc) is 2.92. The van der Waals surface area contributed by atoms with Gasteiger partial charge in [-0.3, -0.25) is 4.79 Å². The van der Waals surface area contributed by atoms with Gasteiger partial charge in [-0.2, -0.15) is 0 Å². The van der Waals surface area contributed by atoms with Crippen LogP contribution in [-0.2, 0) is 5.41 Å². The minimum atomic E-state index is -0.147. The monoisotopic (exact) mass is 383 g/mol.